The molecule has 0 spiro atoms. The van der Waals surface area contributed by atoms with Crippen LogP contribution in [0.25, 0.3) is 10.8 Å². The van der Waals surface area contributed by atoms with Gasteiger partial charge in [0.25, 0.3) is 6.43 Å². The van der Waals surface area contributed by atoms with Crippen LogP contribution in [0.4, 0.5) is 23.4 Å². The first-order valence-corrected chi connectivity index (χ1v) is 15.5. The van der Waals surface area contributed by atoms with Crippen LogP contribution in [0.2, 0.25) is 0 Å². The highest BCUT2D eigenvalue weighted by atomic mass is 32.5. The monoisotopic (exact) mass is 648 g/mol. The van der Waals surface area contributed by atoms with Crippen LogP contribution in [0, 0.1) is 5.82 Å². The lowest BCUT2D eigenvalue weighted by Crippen LogP contribution is -2.52. The van der Waals surface area contributed by atoms with Crippen molar-refractivity contribution >= 4 is 41.0 Å². The van der Waals surface area contributed by atoms with Crippen LogP contribution >= 0.6 is 6.64 Å². The van der Waals surface area contributed by atoms with E-state index in [2.05, 4.69) is 10.1 Å². The molecule has 0 bridgehead atoms. The molecule has 3 aromatic rings. The van der Waals surface area contributed by atoms with Gasteiger partial charge in [0.1, 0.15) is 17.9 Å². The van der Waals surface area contributed by atoms with Gasteiger partial charge in [0.05, 0.1) is 18.9 Å². The fourth-order valence-corrected chi connectivity index (χ4v) is 6.67. The number of aromatic nitrogens is 2. The number of aliphatic hydroxyl groups is 1. The Morgan fingerprint density at radius 3 is 2.58 bits per heavy atom. The number of carbonyl (C=O) groups is 1. The van der Waals surface area contributed by atoms with E-state index in [0.717, 1.165) is 10.8 Å². The lowest BCUT2D eigenvalue weighted by atomic mass is 9.97. The number of hydrogen-bond donors (Lipinski definition) is 3. The molecule has 1 aliphatic rings. The number of anilines is 1. The Balaban J connectivity index is 1.66. The standard InChI is InChI=1S/C26H29F4N4O7PS/c1-13(2)39-23(36)14(3)33-42(43,41-17-9-8-15-6-4-5-7-16(15)10-17)38-12-26(24(29)30)20(35)19(28)22(40-26)34-11-18(27)21(31)32-25(34)37/h4-11,13-14,19-20,22,24,35H,12H2,1-3H3,(H,33,43)(H2,31,32,37)/t14-,19-,20-,22+,26+,42?/m0/s1. The number of aliphatic hydroxyl groups excluding tert-OH is 1. The summed E-state index contributed by atoms with van der Waals surface area (Å²) in [4.78, 5) is 28.0. The third-order valence-corrected chi connectivity index (χ3v) is 8.94. The average Bonchev–Trinajstić information content (AvgIpc) is 3.19. The maximum Gasteiger partial charge on any atom is 0.351 e. The molecule has 1 saturated heterocycles. The molecule has 1 aromatic heterocycles. The first-order valence-electron chi connectivity index (χ1n) is 12.9. The highest BCUT2D eigenvalue weighted by Crippen LogP contribution is 2.50. The second-order valence-electron chi connectivity index (χ2n) is 10.0. The fourth-order valence-electron chi connectivity index (χ4n) is 4.26. The Morgan fingerprint density at radius 1 is 1.26 bits per heavy atom. The quantitative estimate of drug-likeness (QED) is 0.159. The van der Waals surface area contributed by atoms with Gasteiger partial charge in [-0.25, -0.2) is 27.4 Å². The van der Waals surface area contributed by atoms with Crippen molar-refractivity contribution in [3.63, 3.8) is 0 Å². The summed E-state index contributed by atoms with van der Waals surface area (Å²) in [7, 11) is 0. The second kappa shape index (κ2) is 12.8. The molecule has 6 atom stereocenters. The van der Waals surface area contributed by atoms with Crippen molar-refractivity contribution in [3.8, 4) is 5.75 Å². The summed E-state index contributed by atoms with van der Waals surface area (Å²) in [6.45, 7) is -0.649. The number of halogens is 4. The van der Waals surface area contributed by atoms with Crippen LogP contribution < -0.4 is 21.0 Å². The molecule has 4 N–H and O–H groups in total. The lowest BCUT2D eigenvalue weighted by Gasteiger charge is -2.34. The highest BCUT2D eigenvalue weighted by Gasteiger charge is 2.62. The van der Waals surface area contributed by atoms with E-state index in [4.69, 9.17) is 36.1 Å². The molecule has 1 fully saturated rings. The van der Waals surface area contributed by atoms with E-state index in [1.807, 2.05) is 12.1 Å². The van der Waals surface area contributed by atoms with Crippen molar-refractivity contribution < 1.29 is 46.0 Å². The topological polar surface area (TPSA) is 147 Å². The van der Waals surface area contributed by atoms with Crippen LogP contribution in [0.3, 0.4) is 0 Å². The Hall–Kier alpha value is -3.14. The van der Waals surface area contributed by atoms with Gasteiger partial charge in [-0.1, -0.05) is 30.3 Å². The molecule has 234 valence electrons. The molecule has 0 radical (unpaired) electrons. The summed E-state index contributed by atoms with van der Waals surface area (Å²) in [6, 6.07) is 10.9. The number of nitrogens with one attached hydrogen (secondary N) is 1. The minimum atomic E-state index is -3.99. The van der Waals surface area contributed by atoms with Crippen molar-refractivity contribution in [2.75, 3.05) is 12.3 Å². The number of nitrogen functional groups attached to an aromatic ring is 1. The van der Waals surface area contributed by atoms with Crippen molar-refractivity contribution in [3.05, 3.63) is 65.0 Å². The van der Waals surface area contributed by atoms with Gasteiger partial charge in [0.2, 0.25) is 0 Å². The van der Waals surface area contributed by atoms with Crippen molar-refractivity contribution in [2.24, 2.45) is 0 Å². The largest absolute Gasteiger partial charge is 0.462 e. The van der Waals surface area contributed by atoms with Crippen LogP contribution in [0.1, 0.15) is 27.0 Å². The molecular formula is C26H29F4N4O7PS. The first-order chi connectivity index (χ1) is 20.2. The van der Waals surface area contributed by atoms with E-state index >= 15 is 4.39 Å². The molecule has 43 heavy (non-hydrogen) atoms. The highest BCUT2D eigenvalue weighted by molar-refractivity contribution is 8.09. The molecule has 11 nitrogen and oxygen atoms in total. The minimum absolute atomic E-state index is 0.147. The molecule has 17 heteroatoms. The van der Waals surface area contributed by atoms with E-state index in [1.165, 1.54) is 13.0 Å². The zero-order valence-electron chi connectivity index (χ0n) is 23.0. The van der Waals surface area contributed by atoms with E-state index < -0.39 is 79.2 Å². The molecule has 1 unspecified atom stereocenters. The van der Waals surface area contributed by atoms with Gasteiger partial charge in [-0.2, -0.15) is 4.98 Å². The van der Waals surface area contributed by atoms with Gasteiger partial charge < -0.3 is 29.4 Å². The number of alkyl halides is 3. The number of benzene rings is 2. The molecule has 2 heterocycles. The number of carbonyl (C=O) groups excluding carboxylic acids is 1. The summed E-state index contributed by atoms with van der Waals surface area (Å²) >= 11 is 5.57. The molecule has 1 aliphatic heterocycles. The number of hydrogen-bond acceptors (Lipinski definition) is 10. The van der Waals surface area contributed by atoms with Crippen molar-refractivity contribution in [1.82, 2.24) is 14.6 Å². The number of fused-ring (bicyclic) bond motifs is 1. The molecule has 0 aliphatic carbocycles. The zero-order chi connectivity index (χ0) is 31.7. The minimum Gasteiger partial charge on any atom is -0.462 e. The lowest BCUT2D eigenvalue weighted by molar-refractivity contribution is -0.192. The smallest absolute Gasteiger partial charge is 0.351 e. The Labute approximate surface area is 248 Å². The third kappa shape index (κ3) is 7.00. The molecule has 0 saturated carbocycles. The normalized spacial score (nSPS) is 24.3. The van der Waals surface area contributed by atoms with Crippen LogP contribution in [-0.4, -0.2) is 63.7 Å². The number of nitrogens with two attached hydrogens (primary N) is 1. The predicted molar refractivity (Wildman–Crippen MR) is 151 cm³/mol. The van der Waals surface area contributed by atoms with Gasteiger partial charge in [0.15, 0.2) is 29.6 Å². The summed E-state index contributed by atoms with van der Waals surface area (Å²) in [6.07, 6.45) is -11.1. The van der Waals surface area contributed by atoms with Crippen LogP contribution in [0.5, 0.6) is 5.75 Å². The number of ether oxygens (including phenoxy) is 2. The van der Waals surface area contributed by atoms with E-state index in [1.54, 1.807) is 38.1 Å². The van der Waals surface area contributed by atoms with Gasteiger partial charge in [-0.3, -0.25) is 9.36 Å². The summed E-state index contributed by atoms with van der Waals surface area (Å²) in [5, 5.41) is 14.9. The number of esters is 1. The van der Waals surface area contributed by atoms with Gasteiger partial charge in [0, 0.05) is 0 Å². The van der Waals surface area contributed by atoms with E-state index in [0.29, 0.717) is 6.20 Å². The predicted octanol–water partition coefficient (Wildman–Crippen LogP) is 3.60. The Bertz CT molecular complexity index is 1600. The third-order valence-electron chi connectivity index (χ3n) is 6.46. The average molecular weight is 649 g/mol. The number of nitrogens with zero attached hydrogens (tertiary/aromatic N) is 2. The van der Waals surface area contributed by atoms with Crippen molar-refractivity contribution in [2.45, 2.75) is 63.4 Å². The zero-order valence-corrected chi connectivity index (χ0v) is 24.7. The SMILES string of the molecule is CC(C)OC(=O)[C@H](C)NP(=S)(OC[C@@]1(C(F)F)O[C@@H](n2cc(F)c(N)nc2=O)[C@@H](F)[C@@H]1O)Oc1ccc2ccccc2c1. The fraction of sp³-hybridized carbons (Fsp3) is 0.423. The molecule has 2 aromatic carbocycles. The van der Waals surface area contributed by atoms with Gasteiger partial charge in [-0.15, -0.1) is 0 Å². The maximum atomic E-state index is 15.3. The van der Waals surface area contributed by atoms with Crippen LogP contribution in [0.15, 0.2) is 53.5 Å². The molecule has 4 rings (SSSR count). The van der Waals surface area contributed by atoms with E-state index in [9.17, 15) is 27.9 Å². The summed E-state index contributed by atoms with van der Waals surface area (Å²) in [5.74, 6) is -2.66. The maximum absolute atomic E-state index is 15.3. The van der Waals surface area contributed by atoms with E-state index in [-0.39, 0.29) is 10.3 Å². The Kier molecular flexibility index (Phi) is 9.79. The first kappa shape index (κ1) is 32.8. The number of rotatable bonds is 11. The van der Waals surface area contributed by atoms with Crippen LogP contribution in [-0.2, 0) is 30.6 Å². The summed E-state index contributed by atoms with van der Waals surface area (Å²) < 4.78 is 80.7. The second-order valence-corrected chi connectivity index (χ2v) is 13.2. The Morgan fingerprint density at radius 2 is 1.93 bits per heavy atom. The molecule has 0 amide bonds. The van der Waals surface area contributed by atoms with Gasteiger partial charge in [-0.05, 0) is 55.5 Å². The van der Waals surface area contributed by atoms with Gasteiger partial charge >= 0.3 is 18.3 Å². The van der Waals surface area contributed by atoms with Crippen molar-refractivity contribution in [1.29, 1.82) is 0 Å². The molecular weight excluding hydrogens is 619 g/mol. The summed E-state index contributed by atoms with van der Waals surface area (Å²) in [5.41, 5.74) is 0.823.